The van der Waals surface area contributed by atoms with Crippen LogP contribution in [0.2, 0.25) is 0 Å². The molecule has 0 aliphatic carbocycles. The van der Waals surface area contributed by atoms with E-state index in [4.69, 9.17) is 4.74 Å². The highest BCUT2D eigenvalue weighted by Crippen LogP contribution is 2.33. The van der Waals surface area contributed by atoms with Crippen LogP contribution in [0.25, 0.3) is 0 Å². The monoisotopic (exact) mass is 366 g/mol. The van der Waals surface area contributed by atoms with Crippen LogP contribution < -0.4 is 15.0 Å². The molecule has 1 aliphatic heterocycles. The lowest BCUT2D eigenvalue weighted by Crippen LogP contribution is -2.34. The van der Waals surface area contributed by atoms with Gasteiger partial charge in [-0.3, -0.25) is 9.59 Å². The van der Waals surface area contributed by atoms with Crippen LogP contribution in [0.5, 0.6) is 5.75 Å². The van der Waals surface area contributed by atoms with Gasteiger partial charge in [0.1, 0.15) is 5.75 Å². The normalized spacial score (nSPS) is 17.7. The van der Waals surface area contributed by atoms with E-state index in [1.165, 1.54) is 5.56 Å². The number of ether oxygens (including phenoxy) is 1. The Morgan fingerprint density at radius 1 is 1.22 bits per heavy atom. The van der Waals surface area contributed by atoms with Gasteiger partial charge in [-0.15, -0.1) is 0 Å². The molecule has 0 radical (unpaired) electrons. The topological polar surface area (TPSA) is 58.6 Å². The van der Waals surface area contributed by atoms with E-state index < -0.39 is 0 Å². The molecule has 1 aliphatic rings. The van der Waals surface area contributed by atoms with Crippen molar-refractivity contribution in [2.75, 3.05) is 18.6 Å². The first-order valence-electron chi connectivity index (χ1n) is 9.36. The maximum absolute atomic E-state index is 12.7. The molecule has 3 rings (SSSR count). The molecule has 1 saturated heterocycles. The second kappa shape index (κ2) is 8.25. The van der Waals surface area contributed by atoms with Crippen LogP contribution in [0.1, 0.15) is 37.4 Å². The highest BCUT2D eigenvalue weighted by atomic mass is 16.5. The SMILES string of the molecule is CCc1ccc(C(C)NC(=O)C2CC(=O)N(c3ccccc3OC)C2)cc1. The summed E-state index contributed by atoms with van der Waals surface area (Å²) in [7, 11) is 1.58. The third kappa shape index (κ3) is 4.13. The molecule has 0 bridgehead atoms. The molecule has 2 aromatic rings. The molecule has 2 amide bonds. The van der Waals surface area contributed by atoms with Crippen LogP contribution in [0, 0.1) is 5.92 Å². The number of methoxy groups -OCH3 is 1. The minimum absolute atomic E-state index is 0.0559. The van der Waals surface area contributed by atoms with Gasteiger partial charge in [0.15, 0.2) is 0 Å². The summed E-state index contributed by atoms with van der Waals surface area (Å²) in [5, 5.41) is 3.05. The Hall–Kier alpha value is -2.82. The summed E-state index contributed by atoms with van der Waals surface area (Å²) in [5.74, 6) is 0.128. The molecular weight excluding hydrogens is 340 g/mol. The van der Waals surface area contributed by atoms with Crippen molar-refractivity contribution in [1.82, 2.24) is 5.32 Å². The van der Waals surface area contributed by atoms with Gasteiger partial charge >= 0.3 is 0 Å². The summed E-state index contributed by atoms with van der Waals surface area (Å²) in [6, 6.07) is 15.5. The lowest BCUT2D eigenvalue weighted by molar-refractivity contribution is -0.126. The summed E-state index contributed by atoms with van der Waals surface area (Å²) in [5.41, 5.74) is 3.04. The van der Waals surface area contributed by atoms with Crippen LogP contribution in [-0.2, 0) is 16.0 Å². The molecule has 5 heteroatoms. The molecule has 5 nitrogen and oxygen atoms in total. The standard InChI is InChI=1S/C22H26N2O3/c1-4-16-9-11-17(12-10-16)15(2)23-22(26)18-13-21(25)24(14-18)19-7-5-6-8-20(19)27-3/h5-12,15,18H,4,13-14H2,1-3H3,(H,23,26). The largest absolute Gasteiger partial charge is 0.495 e. The molecule has 0 aromatic heterocycles. The lowest BCUT2D eigenvalue weighted by atomic mass is 10.0. The first-order valence-corrected chi connectivity index (χ1v) is 9.36. The predicted molar refractivity (Wildman–Crippen MR) is 106 cm³/mol. The van der Waals surface area contributed by atoms with E-state index in [1.807, 2.05) is 43.3 Å². The van der Waals surface area contributed by atoms with Crippen molar-refractivity contribution in [3.8, 4) is 5.75 Å². The summed E-state index contributed by atoms with van der Waals surface area (Å²) < 4.78 is 5.35. The Morgan fingerprint density at radius 2 is 1.93 bits per heavy atom. The van der Waals surface area contributed by atoms with Gasteiger partial charge in [-0.2, -0.15) is 0 Å². The van der Waals surface area contributed by atoms with Crippen molar-refractivity contribution in [3.05, 3.63) is 59.7 Å². The molecule has 2 unspecified atom stereocenters. The zero-order chi connectivity index (χ0) is 19.4. The fourth-order valence-corrected chi connectivity index (χ4v) is 3.43. The fraction of sp³-hybridized carbons (Fsp3) is 0.364. The summed E-state index contributed by atoms with van der Waals surface area (Å²) in [6.07, 6.45) is 1.20. The zero-order valence-corrected chi connectivity index (χ0v) is 16.1. The number of carbonyl (C=O) groups is 2. The third-order valence-electron chi connectivity index (χ3n) is 5.12. The molecule has 27 heavy (non-hydrogen) atoms. The summed E-state index contributed by atoms with van der Waals surface area (Å²) in [4.78, 5) is 26.8. The quantitative estimate of drug-likeness (QED) is 0.851. The van der Waals surface area contributed by atoms with Crippen LogP contribution >= 0.6 is 0 Å². The average molecular weight is 366 g/mol. The molecular formula is C22H26N2O3. The van der Waals surface area contributed by atoms with Gasteiger partial charge in [0.2, 0.25) is 11.8 Å². The van der Waals surface area contributed by atoms with Crippen molar-refractivity contribution in [1.29, 1.82) is 0 Å². The van der Waals surface area contributed by atoms with Crippen molar-refractivity contribution in [3.63, 3.8) is 0 Å². The molecule has 1 heterocycles. The lowest BCUT2D eigenvalue weighted by Gasteiger charge is -2.20. The van der Waals surface area contributed by atoms with Crippen molar-refractivity contribution >= 4 is 17.5 Å². The van der Waals surface area contributed by atoms with E-state index in [0.29, 0.717) is 18.0 Å². The number of benzene rings is 2. The number of rotatable bonds is 6. The Morgan fingerprint density at radius 3 is 2.59 bits per heavy atom. The van der Waals surface area contributed by atoms with Crippen molar-refractivity contribution in [2.24, 2.45) is 5.92 Å². The highest BCUT2D eigenvalue weighted by Gasteiger charge is 2.36. The average Bonchev–Trinajstić information content (AvgIpc) is 3.09. The number of para-hydroxylation sites is 2. The third-order valence-corrected chi connectivity index (χ3v) is 5.12. The zero-order valence-electron chi connectivity index (χ0n) is 16.1. The number of amides is 2. The van der Waals surface area contributed by atoms with Gasteiger partial charge in [0.05, 0.1) is 24.8 Å². The van der Waals surface area contributed by atoms with Crippen LogP contribution in [0.3, 0.4) is 0 Å². The van der Waals surface area contributed by atoms with E-state index in [-0.39, 0.29) is 30.2 Å². The van der Waals surface area contributed by atoms with Gasteiger partial charge in [-0.25, -0.2) is 0 Å². The predicted octanol–water partition coefficient (Wildman–Crippen LogP) is 3.49. The first-order chi connectivity index (χ1) is 13.0. The molecule has 0 saturated carbocycles. The number of nitrogens with one attached hydrogen (secondary N) is 1. The number of carbonyl (C=O) groups excluding carboxylic acids is 2. The summed E-state index contributed by atoms with van der Waals surface area (Å²) in [6.45, 7) is 4.45. The number of nitrogens with zero attached hydrogens (tertiary/aromatic N) is 1. The number of anilines is 1. The van der Waals surface area contributed by atoms with Crippen LogP contribution in [-0.4, -0.2) is 25.5 Å². The van der Waals surface area contributed by atoms with E-state index in [9.17, 15) is 9.59 Å². The van der Waals surface area contributed by atoms with Gasteiger partial charge in [-0.05, 0) is 36.6 Å². The van der Waals surface area contributed by atoms with E-state index in [1.54, 1.807) is 12.0 Å². The number of aryl methyl sites for hydroxylation is 1. The van der Waals surface area contributed by atoms with Gasteiger partial charge < -0.3 is 15.0 Å². The van der Waals surface area contributed by atoms with E-state index >= 15 is 0 Å². The molecule has 142 valence electrons. The molecule has 1 N–H and O–H groups in total. The Labute approximate surface area is 160 Å². The van der Waals surface area contributed by atoms with Gasteiger partial charge in [0.25, 0.3) is 0 Å². The number of hydrogen-bond acceptors (Lipinski definition) is 3. The first kappa shape index (κ1) is 19.0. The Bertz CT molecular complexity index is 817. The van der Waals surface area contributed by atoms with E-state index in [0.717, 1.165) is 12.0 Å². The fourth-order valence-electron chi connectivity index (χ4n) is 3.43. The van der Waals surface area contributed by atoms with Crippen LogP contribution in [0.15, 0.2) is 48.5 Å². The molecule has 2 aromatic carbocycles. The van der Waals surface area contributed by atoms with Crippen molar-refractivity contribution in [2.45, 2.75) is 32.7 Å². The Balaban J connectivity index is 1.66. The van der Waals surface area contributed by atoms with Crippen molar-refractivity contribution < 1.29 is 14.3 Å². The second-order valence-corrected chi connectivity index (χ2v) is 6.90. The van der Waals surface area contributed by atoms with Crippen LogP contribution in [0.4, 0.5) is 5.69 Å². The molecule has 2 atom stereocenters. The molecule has 1 fully saturated rings. The van der Waals surface area contributed by atoms with Gasteiger partial charge in [-0.1, -0.05) is 43.3 Å². The van der Waals surface area contributed by atoms with E-state index in [2.05, 4.69) is 24.4 Å². The Kier molecular flexibility index (Phi) is 5.79. The summed E-state index contributed by atoms with van der Waals surface area (Å²) >= 11 is 0. The maximum atomic E-state index is 12.7. The minimum Gasteiger partial charge on any atom is -0.495 e. The number of hydrogen-bond donors (Lipinski definition) is 1. The molecule has 0 spiro atoms. The highest BCUT2D eigenvalue weighted by molar-refractivity contribution is 6.01. The maximum Gasteiger partial charge on any atom is 0.227 e. The smallest absolute Gasteiger partial charge is 0.227 e. The second-order valence-electron chi connectivity index (χ2n) is 6.90. The van der Waals surface area contributed by atoms with Gasteiger partial charge in [0, 0.05) is 13.0 Å². The minimum atomic E-state index is -0.361.